The van der Waals surface area contributed by atoms with Crippen LogP contribution in [-0.2, 0) is 4.74 Å². The Labute approximate surface area is 202 Å². The van der Waals surface area contributed by atoms with E-state index in [4.69, 9.17) is 51.8 Å². The summed E-state index contributed by atoms with van der Waals surface area (Å²) in [5.41, 5.74) is 1.37. The van der Waals surface area contributed by atoms with Crippen LogP contribution in [-0.4, -0.2) is 33.6 Å². The molecule has 6 nitrogen and oxygen atoms in total. The van der Waals surface area contributed by atoms with Crippen LogP contribution in [0.4, 0.5) is 5.69 Å². The molecule has 2 rings (SSSR count). The minimum atomic E-state index is -1.88. The van der Waals surface area contributed by atoms with E-state index >= 15 is 0 Å². The van der Waals surface area contributed by atoms with E-state index in [1.165, 1.54) is 0 Å². The zero-order valence-corrected chi connectivity index (χ0v) is 20.2. The summed E-state index contributed by atoms with van der Waals surface area (Å²) in [6, 6.07) is 13.1. The number of hydrogen-bond acceptors (Lipinski definition) is 4. The quantitative estimate of drug-likeness (QED) is 0.201. The van der Waals surface area contributed by atoms with Gasteiger partial charge in [-0.15, -0.1) is 0 Å². The van der Waals surface area contributed by atoms with Crippen molar-refractivity contribution in [3.05, 3.63) is 64.1 Å². The molecule has 1 atom stereocenters. The normalized spacial score (nSPS) is 11.9. The molecule has 0 aromatic heterocycles. The van der Waals surface area contributed by atoms with Crippen LogP contribution in [0.3, 0.4) is 0 Å². The highest BCUT2D eigenvalue weighted by atomic mass is 79.9. The van der Waals surface area contributed by atoms with Crippen LogP contribution in [0.15, 0.2) is 53.0 Å². The van der Waals surface area contributed by atoms with E-state index in [2.05, 4.69) is 31.9 Å². The number of thiocarbonyl (C=S) groups is 1. The summed E-state index contributed by atoms with van der Waals surface area (Å²) in [7, 11) is 0. The summed E-state index contributed by atoms with van der Waals surface area (Å²) in [6.45, 7) is 2.02. The van der Waals surface area contributed by atoms with Gasteiger partial charge in [0, 0.05) is 15.7 Å². The van der Waals surface area contributed by atoms with Crippen molar-refractivity contribution in [2.75, 3.05) is 11.9 Å². The van der Waals surface area contributed by atoms with Gasteiger partial charge in [-0.3, -0.25) is 4.79 Å². The Hall–Kier alpha value is -1.58. The van der Waals surface area contributed by atoms with Crippen LogP contribution in [0.25, 0.3) is 0 Å². The number of amides is 1. The van der Waals surface area contributed by atoms with Gasteiger partial charge in [0.1, 0.15) is 6.17 Å². The molecule has 0 radical (unpaired) electrons. The molecule has 0 fully saturated rings. The lowest BCUT2D eigenvalue weighted by Crippen LogP contribution is -2.56. The fourth-order valence-electron chi connectivity index (χ4n) is 2.22. The van der Waals surface area contributed by atoms with Crippen molar-refractivity contribution >= 4 is 85.6 Å². The van der Waals surface area contributed by atoms with E-state index < -0.39 is 21.8 Å². The second kappa shape index (κ2) is 11.2. The third-order valence-electron chi connectivity index (χ3n) is 3.64. The minimum absolute atomic E-state index is 0.103. The first kappa shape index (κ1) is 24.7. The molecule has 0 aliphatic heterocycles. The number of halogens is 4. The second-order valence-corrected chi connectivity index (χ2v) is 9.54. The number of hydrogen-bond donors (Lipinski definition) is 3. The van der Waals surface area contributed by atoms with Gasteiger partial charge >= 0.3 is 5.97 Å². The Balaban J connectivity index is 2.02. The maximum absolute atomic E-state index is 12.5. The average molecular weight is 554 g/mol. The van der Waals surface area contributed by atoms with Gasteiger partial charge in [-0.05, 0) is 67.7 Å². The highest BCUT2D eigenvalue weighted by Gasteiger charge is 2.34. The van der Waals surface area contributed by atoms with E-state index in [1.54, 1.807) is 55.5 Å². The predicted molar refractivity (Wildman–Crippen MR) is 127 cm³/mol. The number of carbonyl (C=O) groups excluding carboxylic acids is 2. The summed E-state index contributed by atoms with van der Waals surface area (Å²) in [6.07, 6.45) is -1.11. The molecule has 0 aliphatic rings. The summed E-state index contributed by atoms with van der Waals surface area (Å²) in [5, 5.41) is 8.37. The Kier molecular flexibility index (Phi) is 9.18. The smallest absolute Gasteiger partial charge is 0.338 e. The summed E-state index contributed by atoms with van der Waals surface area (Å²) >= 11 is 26.5. The highest BCUT2D eigenvalue weighted by molar-refractivity contribution is 9.10. The zero-order chi connectivity index (χ0) is 22.3. The number of benzene rings is 2. The third-order valence-corrected chi connectivity index (χ3v) is 5.04. The Morgan fingerprint density at radius 1 is 1.03 bits per heavy atom. The lowest BCUT2D eigenvalue weighted by atomic mass is 10.2. The molecular formula is C19H17BrCl3N3O3S. The predicted octanol–water partition coefficient (Wildman–Crippen LogP) is 5.04. The Bertz CT molecular complexity index is 906. The van der Waals surface area contributed by atoms with Crippen LogP contribution in [0.5, 0.6) is 0 Å². The lowest BCUT2D eigenvalue weighted by Gasteiger charge is -2.27. The summed E-state index contributed by atoms with van der Waals surface area (Å²) in [5.74, 6) is -0.871. The Morgan fingerprint density at radius 2 is 1.60 bits per heavy atom. The second-order valence-electron chi connectivity index (χ2n) is 5.85. The number of rotatable bonds is 6. The van der Waals surface area contributed by atoms with Crippen molar-refractivity contribution in [1.29, 1.82) is 0 Å². The summed E-state index contributed by atoms with van der Waals surface area (Å²) < 4.78 is 3.88. The molecule has 0 saturated carbocycles. The molecular weight excluding hydrogens is 537 g/mol. The molecule has 11 heteroatoms. The van der Waals surface area contributed by atoms with Gasteiger partial charge in [0.05, 0.1) is 12.2 Å². The molecule has 0 spiro atoms. The van der Waals surface area contributed by atoms with Gasteiger partial charge in [-0.1, -0.05) is 50.7 Å². The topological polar surface area (TPSA) is 79.5 Å². The first-order valence-electron chi connectivity index (χ1n) is 8.58. The van der Waals surface area contributed by atoms with Crippen LogP contribution in [0, 0.1) is 0 Å². The van der Waals surface area contributed by atoms with Crippen LogP contribution in [0.2, 0.25) is 0 Å². The van der Waals surface area contributed by atoms with E-state index in [0.717, 1.165) is 4.47 Å². The van der Waals surface area contributed by atoms with Crippen LogP contribution in [0.1, 0.15) is 27.6 Å². The molecule has 0 heterocycles. The number of anilines is 1. The average Bonchev–Trinajstić information content (AvgIpc) is 2.68. The zero-order valence-electron chi connectivity index (χ0n) is 15.5. The minimum Gasteiger partial charge on any atom is -0.462 e. The lowest BCUT2D eigenvalue weighted by molar-refractivity contribution is 0.0526. The van der Waals surface area contributed by atoms with Gasteiger partial charge in [-0.2, -0.15) is 0 Å². The first-order valence-corrected chi connectivity index (χ1v) is 10.9. The molecule has 1 amide bonds. The van der Waals surface area contributed by atoms with E-state index in [0.29, 0.717) is 16.8 Å². The van der Waals surface area contributed by atoms with Crippen molar-refractivity contribution in [1.82, 2.24) is 10.6 Å². The van der Waals surface area contributed by atoms with Gasteiger partial charge in [0.2, 0.25) is 3.79 Å². The molecule has 2 aromatic rings. The molecule has 2 aromatic carbocycles. The number of alkyl halides is 3. The van der Waals surface area contributed by atoms with Gasteiger partial charge in [-0.25, -0.2) is 4.79 Å². The van der Waals surface area contributed by atoms with Gasteiger partial charge < -0.3 is 20.7 Å². The molecule has 1 unspecified atom stereocenters. The van der Waals surface area contributed by atoms with E-state index in [1.807, 2.05) is 0 Å². The van der Waals surface area contributed by atoms with Crippen molar-refractivity contribution in [3.63, 3.8) is 0 Å². The summed E-state index contributed by atoms with van der Waals surface area (Å²) in [4.78, 5) is 24.2. The molecule has 160 valence electrons. The Morgan fingerprint density at radius 3 is 2.13 bits per heavy atom. The molecule has 0 bridgehead atoms. The molecule has 0 saturated heterocycles. The van der Waals surface area contributed by atoms with Crippen LogP contribution < -0.4 is 16.0 Å². The fourth-order valence-corrected chi connectivity index (χ4v) is 3.05. The van der Waals surface area contributed by atoms with E-state index in [9.17, 15) is 9.59 Å². The van der Waals surface area contributed by atoms with E-state index in [-0.39, 0.29) is 11.7 Å². The van der Waals surface area contributed by atoms with Gasteiger partial charge in [0.25, 0.3) is 5.91 Å². The maximum Gasteiger partial charge on any atom is 0.338 e. The highest BCUT2D eigenvalue weighted by Crippen LogP contribution is 2.29. The van der Waals surface area contributed by atoms with Crippen LogP contribution >= 0.6 is 63.0 Å². The van der Waals surface area contributed by atoms with Gasteiger partial charge in [0.15, 0.2) is 5.11 Å². The maximum atomic E-state index is 12.5. The first-order chi connectivity index (χ1) is 14.1. The van der Waals surface area contributed by atoms with Crippen molar-refractivity contribution < 1.29 is 14.3 Å². The monoisotopic (exact) mass is 551 g/mol. The number of ether oxygens (including phenoxy) is 1. The third kappa shape index (κ3) is 7.59. The van der Waals surface area contributed by atoms with Crippen molar-refractivity contribution in [3.8, 4) is 0 Å². The molecule has 30 heavy (non-hydrogen) atoms. The molecule has 3 N–H and O–H groups in total. The number of esters is 1. The number of nitrogens with one attached hydrogen (secondary N) is 3. The fraction of sp³-hybridized carbons (Fsp3) is 0.211. The SMILES string of the molecule is CCOC(=O)c1ccc(NC(=S)NC(NC(=O)c2ccc(Br)cc2)C(Cl)(Cl)Cl)cc1. The number of carbonyl (C=O) groups is 2. The largest absolute Gasteiger partial charge is 0.462 e. The molecule has 0 aliphatic carbocycles. The standard InChI is InChI=1S/C19H17BrCl3N3O3S/c1-2-29-16(28)12-5-9-14(10-6-12)24-18(30)26-17(19(21,22)23)25-15(27)11-3-7-13(20)8-4-11/h3-10,17H,2H2,1H3,(H,25,27)(H2,24,26,30). The van der Waals surface area contributed by atoms with Crippen molar-refractivity contribution in [2.24, 2.45) is 0 Å². The van der Waals surface area contributed by atoms with Crippen molar-refractivity contribution in [2.45, 2.75) is 16.9 Å².